The minimum Gasteiger partial charge on any atom is -0.593 e. The fourth-order valence-electron chi connectivity index (χ4n) is 6.73. The second kappa shape index (κ2) is 17.1. The van der Waals surface area contributed by atoms with Crippen LogP contribution in [0.4, 0.5) is 32.0 Å². The maximum atomic E-state index is 15.4. The van der Waals surface area contributed by atoms with Crippen LogP contribution in [0.2, 0.25) is 5.02 Å². The second-order valence-corrected chi connectivity index (χ2v) is 15.8. The van der Waals surface area contributed by atoms with Crippen LogP contribution in [0.5, 0.6) is 0 Å². The molecule has 0 spiro atoms. The standard InChI is InChI=1S/C37H41ClF6N8O4S/c1-18-11-23-30(33(41)42)49-51(32(23)37(18,43)44)17-27(53)48-25(14-19-12-20(39)15-21(40)13-19)35-47-22(9-10-36(2,3)56-5)16-28(54)52(35)26-8-7-24(38)29(31(26)46-4)34(45)50-57(6)55/h7-8,12-13,15-16,18,25,33,46H,9-11,14,17H2,1-6H3,(H2,45,50)(H,48,53). The molecule has 12 nitrogen and oxygen atoms in total. The number of amides is 1. The molecule has 0 saturated heterocycles. The first-order chi connectivity index (χ1) is 26.7. The molecule has 3 atom stereocenters. The summed E-state index contributed by atoms with van der Waals surface area (Å²) in [6, 6.07) is 5.17. The predicted octanol–water partition coefficient (Wildman–Crippen LogP) is 6.29. The molecule has 0 aliphatic heterocycles. The van der Waals surface area contributed by atoms with Crippen LogP contribution in [-0.2, 0) is 52.6 Å². The third kappa shape index (κ3) is 9.42. The minimum absolute atomic E-state index is 0.000882. The van der Waals surface area contributed by atoms with E-state index in [9.17, 15) is 31.7 Å². The number of nitrogens with one attached hydrogen (secondary N) is 4. The summed E-state index contributed by atoms with van der Waals surface area (Å²) in [4.78, 5) is 33.0. The predicted molar refractivity (Wildman–Crippen MR) is 203 cm³/mol. The Morgan fingerprint density at radius 3 is 2.46 bits per heavy atom. The van der Waals surface area contributed by atoms with Crippen LogP contribution >= 0.6 is 11.6 Å². The Morgan fingerprint density at radius 1 is 1.19 bits per heavy atom. The lowest BCUT2D eigenvalue weighted by atomic mass is 10.0. The first-order valence-electron chi connectivity index (χ1n) is 17.5. The lowest BCUT2D eigenvalue weighted by Gasteiger charge is -2.26. The molecule has 1 aliphatic rings. The lowest BCUT2D eigenvalue weighted by molar-refractivity contribution is -0.123. The van der Waals surface area contributed by atoms with Gasteiger partial charge < -0.3 is 19.9 Å². The topological polar surface area (TPSA) is 162 Å². The Morgan fingerprint density at radius 2 is 1.86 bits per heavy atom. The molecule has 2 aromatic heterocycles. The summed E-state index contributed by atoms with van der Waals surface area (Å²) >= 11 is 4.80. The first kappa shape index (κ1) is 43.5. The number of methoxy groups -OCH3 is 1. The van der Waals surface area contributed by atoms with E-state index in [0.717, 1.165) is 16.7 Å². The van der Waals surface area contributed by atoms with Crippen molar-refractivity contribution in [1.29, 1.82) is 5.41 Å². The first-order valence-corrected chi connectivity index (χ1v) is 19.5. The molecule has 0 saturated carbocycles. The summed E-state index contributed by atoms with van der Waals surface area (Å²) in [6.07, 6.45) is -2.20. The van der Waals surface area contributed by atoms with Crippen molar-refractivity contribution in [3.63, 3.8) is 0 Å². The van der Waals surface area contributed by atoms with Crippen molar-refractivity contribution >= 4 is 40.4 Å². The van der Waals surface area contributed by atoms with E-state index in [4.69, 9.17) is 26.7 Å². The number of amidine groups is 1. The molecule has 308 valence electrons. The molecule has 2 aromatic carbocycles. The Hall–Kier alpha value is -4.59. The summed E-state index contributed by atoms with van der Waals surface area (Å²) in [6.45, 7) is 3.85. The molecule has 1 aliphatic carbocycles. The molecule has 2 heterocycles. The highest BCUT2D eigenvalue weighted by Crippen LogP contribution is 2.48. The summed E-state index contributed by atoms with van der Waals surface area (Å²) in [7, 11) is 2.98. The Bertz CT molecular complexity index is 2210. The highest BCUT2D eigenvalue weighted by Gasteiger charge is 2.51. The van der Waals surface area contributed by atoms with Gasteiger partial charge in [0, 0.05) is 49.9 Å². The van der Waals surface area contributed by atoms with Gasteiger partial charge in [0.2, 0.25) is 5.91 Å². The van der Waals surface area contributed by atoms with Crippen molar-refractivity contribution in [2.24, 2.45) is 5.92 Å². The Kier molecular flexibility index (Phi) is 13.1. The number of benzene rings is 2. The van der Waals surface area contributed by atoms with Crippen LogP contribution in [0.3, 0.4) is 0 Å². The van der Waals surface area contributed by atoms with E-state index >= 15 is 8.78 Å². The van der Waals surface area contributed by atoms with Crippen LogP contribution in [0.15, 0.2) is 41.2 Å². The van der Waals surface area contributed by atoms with Crippen molar-refractivity contribution in [1.82, 2.24) is 29.4 Å². The molecular formula is C37H41ClF6N8O4S. The Balaban J connectivity index is 1.72. The average molecular weight is 843 g/mol. The third-order valence-electron chi connectivity index (χ3n) is 9.69. The van der Waals surface area contributed by atoms with Crippen molar-refractivity contribution in [3.05, 3.63) is 103 Å². The maximum Gasteiger partial charge on any atom is 0.292 e. The van der Waals surface area contributed by atoms with E-state index in [1.807, 2.05) is 13.8 Å². The van der Waals surface area contributed by atoms with Gasteiger partial charge in [-0.25, -0.2) is 22.5 Å². The van der Waals surface area contributed by atoms with Gasteiger partial charge in [-0.15, -0.1) is 0 Å². The van der Waals surface area contributed by atoms with Crippen LogP contribution in [-0.4, -0.2) is 61.6 Å². The quantitative estimate of drug-likeness (QED) is 0.0470. The zero-order valence-corrected chi connectivity index (χ0v) is 33.3. The molecule has 5 rings (SSSR count). The number of ether oxygens (including phenoxy) is 1. The number of fused-ring (bicyclic) bond motifs is 1. The van der Waals surface area contributed by atoms with Crippen LogP contribution in [0.25, 0.3) is 5.69 Å². The van der Waals surface area contributed by atoms with Crippen molar-refractivity contribution in [2.45, 2.75) is 77.0 Å². The largest absolute Gasteiger partial charge is 0.593 e. The summed E-state index contributed by atoms with van der Waals surface area (Å²) in [5.41, 5.74) is -3.10. The molecule has 3 unspecified atom stereocenters. The number of alkyl halides is 4. The fourth-order valence-corrected chi connectivity index (χ4v) is 7.37. The van der Waals surface area contributed by atoms with Gasteiger partial charge in [0.05, 0.1) is 45.0 Å². The highest BCUT2D eigenvalue weighted by atomic mass is 35.5. The van der Waals surface area contributed by atoms with Gasteiger partial charge in [0.25, 0.3) is 17.9 Å². The minimum atomic E-state index is -3.59. The number of nitrogens with zero attached hydrogens (tertiary/aromatic N) is 4. The number of aryl methyl sites for hydroxylation is 1. The third-order valence-corrected chi connectivity index (χ3v) is 10.5. The molecule has 1 amide bonds. The lowest BCUT2D eigenvalue weighted by Crippen LogP contribution is -2.38. The number of carbonyl (C=O) groups excluding carboxylic acids is 1. The summed E-state index contributed by atoms with van der Waals surface area (Å²) < 4.78 is 109. The van der Waals surface area contributed by atoms with Crippen molar-refractivity contribution in [3.8, 4) is 5.69 Å². The van der Waals surface area contributed by atoms with Crippen LogP contribution in [0.1, 0.15) is 79.3 Å². The summed E-state index contributed by atoms with van der Waals surface area (Å²) in [5.74, 6) is -8.48. The smallest absolute Gasteiger partial charge is 0.292 e. The molecule has 0 fully saturated rings. The molecule has 0 bridgehead atoms. The van der Waals surface area contributed by atoms with Gasteiger partial charge in [-0.1, -0.05) is 18.5 Å². The van der Waals surface area contributed by atoms with Crippen molar-refractivity contribution < 1.29 is 40.4 Å². The number of carbonyl (C=O) groups is 1. The number of hydrogen-bond donors (Lipinski definition) is 4. The summed E-state index contributed by atoms with van der Waals surface area (Å²) in [5, 5.41) is 17.8. The van der Waals surface area contributed by atoms with E-state index < -0.39 is 95.1 Å². The normalized spacial score (nSPS) is 16.0. The Labute approximate surface area is 332 Å². The number of hydrogen-bond acceptors (Lipinski definition) is 8. The number of aromatic nitrogens is 4. The fraction of sp³-hybridized carbons (Fsp3) is 0.432. The molecular weight excluding hydrogens is 802 g/mol. The molecule has 57 heavy (non-hydrogen) atoms. The van der Waals surface area contributed by atoms with Gasteiger partial charge in [0.1, 0.15) is 41.6 Å². The van der Waals surface area contributed by atoms with Gasteiger partial charge in [-0.3, -0.25) is 24.2 Å². The van der Waals surface area contributed by atoms with Crippen LogP contribution < -0.4 is 20.9 Å². The highest BCUT2D eigenvalue weighted by molar-refractivity contribution is 7.89. The number of rotatable bonds is 15. The van der Waals surface area contributed by atoms with Gasteiger partial charge in [-0.05, 0) is 62.9 Å². The van der Waals surface area contributed by atoms with Gasteiger partial charge in [-0.2, -0.15) is 18.6 Å². The average Bonchev–Trinajstić information content (AvgIpc) is 3.58. The van der Waals surface area contributed by atoms with Crippen molar-refractivity contribution in [2.75, 3.05) is 25.7 Å². The van der Waals surface area contributed by atoms with Crippen LogP contribution in [0, 0.1) is 23.0 Å². The van der Waals surface area contributed by atoms with E-state index in [2.05, 4.69) is 20.5 Å². The van der Waals surface area contributed by atoms with E-state index in [0.29, 0.717) is 17.2 Å². The maximum absolute atomic E-state index is 15.4. The molecule has 4 aromatic rings. The zero-order chi connectivity index (χ0) is 42.1. The van der Waals surface area contributed by atoms with E-state index in [1.165, 1.54) is 45.5 Å². The van der Waals surface area contributed by atoms with Gasteiger partial charge in [0.15, 0.2) is 5.84 Å². The SMILES string of the molecule is CNc1c(-n2c(C(Cc3cc(F)cc(F)c3)NC(=O)Cn3nc(C(F)F)c4c3C(F)(F)C(C)C4)nc(CCC(C)(C)OC)cc2=O)ccc(Cl)c1C(=N)N[S+](C)[O-]. The molecule has 20 heteroatoms. The zero-order valence-electron chi connectivity index (χ0n) is 31.7. The number of anilines is 1. The number of halogens is 7. The molecule has 0 radical (unpaired) electrons. The van der Waals surface area contributed by atoms with E-state index in [1.54, 1.807) is 0 Å². The van der Waals surface area contributed by atoms with Gasteiger partial charge >= 0.3 is 0 Å². The van der Waals surface area contributed by atoms with E-state index in [-0.39, 0.29) is 56.9 Å². The molecule has 4 N–H and O–H groups in total. The second-order valence-electron chi connectivity index (χ2n) is 14.2. The monoisotopic (exact) mass is 842 g/mol.